The summed E-state index contributed by atoms with van der Waals surface area (Å²) in [6.45, 7) is 7.76. The summed E-state index contributed by atoms with van der Waals surface area (Å²) in [5.74, 6) is 1.65. The topological polar surface area (TPSA) is 71.4 Å². The lowest BCUT2D eigenvalue weighted by Crippen LogP contribution is -2.51. The van der Waals surface area contributed by atoms with Crippen LogP contribution in [-0.2, 0) is 6.54 Å². The van der Waals surface area contributed by atoms with E-state index in [-0.39, 0.29) is 0 Å². The van der Waals surface area contributed by atoms with Crippen LogP contribution in [0.2, 0.25) is 0 Å². The Hall–Kier alpha value is -2.19. The number of aryl methyl sites for hydroxylation is 1. The maximum absolute atomic E-state index is 5.70. The van der Waals surface area contributed by atoms with Crippen molar-refractivity contribution < 1.29 is 8.83 Å². The van der Waals surface area contributed by atoms with E-state index in [0.29, 0.717) is 30.1 Å². The Morgan fingerprint density at radius 3 is 2.96 bits per heavy atom. The highest BCUT2D eigenvalue weighted by Crippen LogP contribution is 2.25. The number of aromatic nitrogens is 3. The molecule has 0 radical (unpaired) electrons. The van der Waals surface area contributed by atoms with E-state index >= 15 is 0 Å². The predicted octanol–water partition coefficient (Wildman–Crippen LogP) is 2.81. The third-order valence-electron chi connectivity index (χ3n) is 4.12. The van der Waals surface area contributed by atoms with Gasteiger partial charge in [0.2, 0.25) is 5.89 Å². The van der Waals surface area contributed by atoms with E-state index in [2.05, 4.69) is 37.3 Å². The van der Waals surface area contributed by atoms with Gasteiger partial charge in [0.1, 0.15) is 0 Å². The molecule has 0 N–H and O–H groups in total. The van der Waals surface area contributed by atoms with Crippen molar-refractivity contribution in [3.05, 3.63) is 35.4 Å². The van der Waals surface area contributed by atoms with E-state index in [9.17, 15) is 0 Å². The molecular weight excluding hydrogens is 326 g/mol. The minimum Gasteiger partial charge on any atom is -0.459 e. The maximum Gasteiger partial charge on any atom is 0.283 e. The van der Waals surface area contributed by atoms with Crippen LogP contribution in [0.3, 0.4) is 0 Å². The Morgan fingerprint density at radius 2 is 2.25 bits per heavy atom. The van der Waals surface area contributed by atoms with Crippen LogP contribution in [0.4, 0.5) is 5.13 Å². The molecule has 4 rings (SSSR count). The standard InChI is InChI=1S/C16H19N5O2S/c1-11-10-24-16(17-11)21-6-5-20(8-12(21)2)9-14-18-19-15(23-14)13-4-3-7-22-13/h3-4,7,10,12H,5-6,8-9H2,1-2H3/t12-/m0/s1. The third-order valence-corrected chi connectivity index (χ3v) is 5.12. The van der Waals surface area contributed by atoms with Gasteiger partial charge in [-0.3, -0.25) is 4.90 Å². The normalized spacial score (nSPS) is 19.1. The Bertz CT molecular complexity index is 797. The molecule has 3 aromatic rings. The molecule has 1 aliphatic rings. The molecule has 1 saturated heterocycles. The lowest BCUT2D eigenvalue weighted by Gasteiger charge is -2.39. The summed E-state index contributed by atoms with van der Waals surface area (Å²) in [6, 6.07) is 4.02. The Kier molecular flexibility index (Phi) is 4.07. The zero-order chi connectivity index (χ0) is 16.5. The molecule has 4 heterocycles. The molecule has 24 heavy (non-hydrogen) atoms. The maximum atomic E-state index is 5.70. The second-order valence-corrected chi connectivity index (χ2v) is 6.86. The molecule has 126 valence electrons. The van der Waals surface area contributed by atoms with E-state index in [0.717, 1.165) is 30.5 Å². The zero-order valence-electron chi connectivity index (χ0n) is 13.7. The van der Waals surface area contributed by atoms with E-state index in [1.165, 1.54) is 0 Å². The highest BCUT2D eigenvalue weighted by atomic mass is 32.1. The van der Waals surface area contributed by atoms with Crippen molar-refractivity contribution in [3.63, 3.8) is 0 Å². The van der Waals surface area contributed by atoms with Gasteiger partial charge in [-0.15, -0.1) is 21.5 Å². The SMILES string of the molecule is Cc1csc(N2CCN(Cc3nnc(-c4ccco4)o3)C[C@@H]2C)n1. The molecule has 0 saturated carbocycles. The van der Waals surface area contributed by atoms with Crippen LogP contribution in [0.5, 0.6) is 0 Å². The van der Waals surface area contributed by atoms with Crippen molar-refractivity contribution >= 4 is 16.5 Å². The lowest BCUT2D eigenvalue weighted by molar-refractivity contribution is 0.202. The van der Waals surface area contributed by atoms with E-state index in [4.69, 9.17) is 8.83 Å². The van der Waals surface area contributed by atoms with Crippen LogP contribution in [0.15, 0.2) is 32.6 Å². The van der Waals surface area contributed by atoms with Crippen molar-refractivity contribution in [2.45, 2.75) is 26.4 Å². The fourth-order valence-corrected chi connectivity index (χ4v) is 3.87. The fourth-order valence-electron chi connectivity index (χ4n) is 2.94. The molecule has 0 spiro atoms. The summed E-state index contributed by atoms with van der Waals surface area (Å²) in [6.07, 6.45) is 1.60. The first-order chi connectivity index (χ1) is 11.7. The summed E-state index contributed by atoms with van der Waals surface area (Å²) < 4.78 is 11.0. The van der Waals surface area contributed by atoms with Crippen molar-refractivity contribution in [2.75, 3.05) is 24.5 Å². The van der Waals surface area contributed by atoms with Crippen LogP contribution in [0, 0.1) is 6.92 Å². The molecular formula is C16H19N5O2S. The molecule has 1 fully saturated rings. The number of nitrogens with zero attached hydrogens (tertiary/aromatic N) is 5. The molecule has 0 aromatic carbocycles. The summed E-state index contributed by atoms with van der Waals surface area (Å²) >= 11 is 1.71. The van der Waals surface area contributed by atoms with Gasteiger partial charge >= 0.3 is 0 Å². The van der Waals surface area contributed by atoms with Gasteiger partial charge in [0.05, 0.1) is 18.5 Å². The molecule has 0 unspecified atom stereocenters. The van der Waals surface area contributed by atoms with Crippen LogP contribution in [0.25, 0.3) is 11.7 Å². The van der Waals surface area contributed by atoms with E-state index in [1.54, 1.807) is 23.7 Å². The molecule has 0 bridgehead atoms. The smallest absolute Gasteiger partial charge is 0.283 e. The average molecular weight is 345 g/mol. The number of piperazine rings is 1. The molecule has 1 atom stereocenters. The van der Waals surface area contributed by atoms with Gasteiger partial charge in [0, 0.05) is 31.1 Å². The third kappa shape index (κ3) is 3.07. The highest BCUT2D eigenvalue weighted by Gasteiger charge is 2.26. The van der Waals surface area contributed by atoms with Gasteiger partial charge in [-0.05, 0) is 26.0 Å². The Labute approximate surface area is 143 Å². The Balaban J connectivity index is 1.39. The number of thiazole rings is 1. The predicted molar refractivity (Wildman–Crippen MR) is 90.9 cm³/mol. The number of anilines is 1. The molecule has 7 nitrogen and oxygen atoms in total. The fraction of sp³-hybridized carbons (Fsp3) is 0.438. The molecule has 0 amide bonds. The molecule has 8 heteroatoms. The van der Waals surface area contributed by atoms with Gasteiger partial charge in [-0.25, -0.2) is 4.98 Å². The first-order valence-corrected chi connectivity index (χ1v) is 8.84. The molecule has 0 aliphatic carbocycles. The van der Waals surface area contributed by atoms with Crippen molar-refractivity contribution in [1.29, 1.82) is 0 Å². The van der Waals surface area contributed by atoms with Gasteiger partial charge in [0.15, 0.2) is 10.9 Å². The summed E-state index contributed by atoms with van der Waals surface area (Å²) in [7, 11) is 0. The first-order valence-electron chi connectivity index (χ1n) is 7.96. The summed E-state index contributed by atoms with van der Waals surface area (Å²) in [5, 5.41) is 11.4. The summed E-state index contributed by atoms with van der Waals surface area (Å²) in [4.78, 5) is 9.31. The van der Waals surface area contributed by atoms with Gasteiger partial charge in [-0.1, -0.05) is 0 Å². The van der Waals surface area contributed by atoms with Gasteiger partial charge in [-0.2, -0.15) is 0 Å². The van der Waals surface area contributed by atoms with Crippen molar-refractivity contribution in [1.82, 2.24) is 20.1 Å². The van der Waals surface area contributed by atoms with E-state index in [1.807, 2.05) is 13.0 Å². The van der Waals surface area contributed by atoms with Gasteiger partial charge < -0.3 is 13.7 Å². The second-order valence-electron chi connectivity index (χ2n) is 6.03. The van der Waals surface area contributed by atoms with Crippen LogP contribution in [0.1, 0.15) is 18.5 Å². The highest BCUT2D eigenvalue weighted by molar-refractivity contribution is 7.13. The first kappa shape index (κ1) is 15.3. The quantitative estimate of drug-likeness (QED) is 0.720. The van der Waals surface area contributed by atoms with Gasteiger partial charge in [0.25, 0.3) is 5.89 Å². The summed E-state index contributed by atoms with van der Waals surface area (Å²) in [5.41, 5.74) is 1.08. The van der Waals surface area contributed by atoms with Crippen LogP contribution in [-0.4, -0.2) is 45.8 Å². The van der Waals surface area contributed by atoms with Crippen LogP contribution >= 0.6 is 11.3 Å². The zero-order valence-corrected chi connectivity index (χ0v) is 14.5. The van der Waals surface area contributed by atoms with Crippen molar-refractivity contribution in [2.24, 2.45) is 0 Å². The second kappa shape index (κ2) is 6.37. The van der Waals surface area contributed by atoms with E-state index < -0.39 is 0 Å². The Morgan fingerprint density at radius 1 is 1.33 bits per heavy atom. The number of hydrogen-bond acceptors (Lipinski definition) is 8. The molecule has 3 aromatic heterocycles. The number of furan rings is 1. The number of hydrogen-bond donors (Lipinski definition) is 0. The largest absolute Gasteiger partial charge is 0.459 e. The minimum absolute atomic E-state index is 0.400. The van der Waals surface area contributed by atoms with Crippen molar-refractivity contribution in [3.8, 4) is 11.7 Å². The average Bonchev–Trinajstić information content (AvgIpc) is 3.28. The molecule has 1 aliphatic heterocycles. The lowest BCUT2D eigenvalue weighted by atomic mass is 10.2. The van der Waals surface area contributed by atoms with Crippen LogP contribution < -0.4 is 4.90 Å². The number of rotatable bonds is 4. The minimum atomic E-state index is 0.400. The monoisotopic (exact) mass is 345 g/mol.